The van der Waals surface area contributed by atoms with E-state index in [9.17, 15) is 4.79 Å². The highest BCUT2D eigenvalue weighted by Crippen LogP contribution is 2.22. The summed E-state index contributed by atoms with van der Waals surface area (Å²) >= 11 is 0. The van der Waals surface area contributed by atoms with E-state index in [0.29, 0.717) is 6.04 Å². The molecular formula is C9H16N2O2. The number of carbonyl (C=O) groups is 1. The number of hydrogen-bond acceptors (Lipinski definition) is 3. The van der Waals surface area contributed by atoms with Gasteiger partial charge in [-0.05, 0) is 12.8 Å². The van der Waals surface area contributed by atoms with Crippen molar-refractivity contribution in [2.24, 2.45) is 5.92 Å². The molecule has 2 heterocycles. The molecular weight excluding hydrogens is 168 g/mol. The molecule has 0 aliphatic carbocycles. The van der Waals surface area contributed by atoms with Crippen LogP contribution < -0.4 is 5.32 Å². The number of piperidine rings is 1. The molecule has 2 aliphatic heterocycles. The maximum atomic E-state index is 10.8. The van der Waals surface area contributed by atoms with Crippen LogP contribution in [0.5, 0.6) is 0 Å². The predicted octanol–water partition coefficient (Wildman–Crippen LogP) is -0.245. The van der Waals surface area contributed by atoms with Crippen molar-refractivity contribution in [3.8, 4) is 0 Å². The molecule has 0 saturated carbocycles. The summed E-state index contributed by atoms with van der Waals surface area (Å²) < 4.78 is 0. The normalized spacial score (nSPS) is 35.4. The topological polar surface area (TPSA) is 52.6 Å². The number of rotatable bonds is 1. The van der Waals surface area contributed by atoms with Crippen LogP contribution in [0, 0.1) is 5.92 Å². The van der Waals surface area contributed by atoms with Crippen LogP contribution in [0.1, 0.15) is 12.8 Å². The number of carboxylic acids is 1. The number of aliphatic carboxylic acids is 1. The molecule has 4 nitrogen and oxygen atoms in total. The first-order chi connectivity index (χ1) is 6.27. The van der Waals surface area contributed by atoms with E-state index in [4.69, 9.17) is 5.11 Å². The van der Waals surface area contributed by atoms with Gasteiger partial charge in [-0.1, -0.05) is 0 Å². The van der Waals surface area contributed by atoms with Gasteiger partial charge in [-0.25, -0.2) is 0 Å². The van der Waals surface area contributed by atoms with Gasteiger partial charge in [0.05, 0.1) is 5.92 Å². The van der Waals surface area contributed by atoms with Crippen LogP contribution in [-0.2, 0) is 4.79 Å². The Bertz CT molecular complexity index is 208. The van der Waals surface area contributed by atoms with Gasteiger partial charge in [0.1, 0.15) is 0 Å². The minimum Gasteiger partial charge on any atom is -0.481 e. The largest absolute Gasteiger partial charge is 0.481 e. The van der Waals surface area contributed by atoms with E-state index < -0.39 is 5.97 Å². The Morgan fingerprint density at radius 2 is 2.31 bits per heavy atom. The van der Waals surface area contributed by atoms with E-state index in [2.05, 4.69) is 10.2 Å². The first kappa shape index (κ1) is 8.97. The Hall–Kier alpha value is -0.610. The first-order valence-corrected chi connectivity index (χ1v) is 4.95. The summed E-state index contributed by atoms with van der Waals surface area (Å²) in [5.74, 6) is -0.758. The lowest BCUT2D eigenvalue weighted by atomic mass is 9.92. The Morgan fingerprint density at radius 1 is 1.46 bits per heavy atom. The number of fused-ring (bicyclic) bond motifs is 1. The maximum Gasteiger partial charge on any atom is 0.307 e. The molecule has 0 unspecified atom stereocenters. The smallest absolute Gasteiger partial charge is 0.307 e. The Morgan fingerprint density at radius 3 is 3.08 bits per heavy atom. The quantitative estimate of drug-likeness (QED) is 0.590. The van der Waals surface area contributed by atoms with Gasteiger partial charge < -0.3 is 10.4 Å². The van der Waals surface area contributed by atoms with Crippen molar-refractivity contribution in [3.63, 3.8) is 0 Å². The highest BCUT2D eigenvalue weighted by Gasteiger charge is 2.32. The summed E-state index contributed by atoms with van der Waals surface area (Å²) in [6.45, 7) is 3.80. The third-order valence-electron chi connectivity index (χ3n) is 3.12. The van der Waals surface area contributed by atoms with E-state index >= 15 is 0 Å². The van der Waals surface area contributed by atoms with Crippen molar-refractivity contribution in [2.75, 3.05) is 26.2 Å². The molecule has 74 valence electrons. The Kier molecular flexibility index (Phi) is 2.51. The van der Waals surface area contributed by atoms with Gasteiger partial charge >= 0.3 is 5.97 Å². The highest BCUT2D eigenvalue weighted by molar-refractivity contribution is 5.70. The van der Waals surface area contributed by atoms with Crippen molar-refractivity contribution < 1.29 is 9.90 Å². The molecule has 0 bridgehead atoms. The second-order valence-electron chi connectivity index (χ2n) is 3.97. The molecule has 4 heteroatoms. The van der Waals surface area contributed by atoms with Gasteiger partial charge in [-0.15, -0.1) is 0 Å². The summed E-state index contributed by atoms with van der Waals surface area (Å²) in [6.07, 6.45) is 1.88. The fourth-order valence-electron chi connectivity index (χ4n) is 2.30. The summed E-state index contributed by atoms with van der Waals surface area (Å²) in [6, 6.07) is 0.587. The molecule has 0 radical (unpaired) electrons. The number of carboxylic acid groups (broad SMARTS) is 1. The van der Waals surface area contributed by atoms with Crippen LogP contribution in [0.3, 0.4) is 0 Å². The second kappa shape index (κ2) is 3.64. The molecule has 0 spiro atoms. The lowest BCUT2D eigenvalue weighted by Crippen LogP contribution is -2.55. The molecule has 2 atom stereocenters. The predicted molar refractivity (Wildman–Crippen MR) is 48.6 cm³/mol. The maximum absolute atomic E-state index is 10.8. The van der Waals surface area contributed by atoms with Crippen molar-refractivity contribution in [3.05, 3.63) is 0 Å². The van der Waals surface area contributed by atoms with Gasteiger partial charge in [0, 0.05) is 32.2 Å². The lowest BCUT2D eigenvalue weighted by Gasteiger charge is -2.41. The number of hydrogen-bond donors (Lipinski definition) is 2. The van der Waals surface area contributed by atoms with Crippen molar-refractivity contribution in [1.29, 1.82) is 0 Å². The molecule has 2 N–H and O–H groups in total. The molecule has 0 amide bonds. The van der Waals surface area contributed by atoms with E-state index in [1.165, 1.54) is 0 Å². The van der Waals surface area contributed by atoms with Gasteiger partial charge in [-0.3, -0.25) is 9.69 Å². The van der Waals surface area contributed by atoms with Crippen LogP contribution in [0.2, 0.25) is 0 Å². The molecule has 0 aromatic carbocycles. The molecule has 2 aliphatic rings. The van der Waals surface area contributed by atoms with E-state index in [1.807, 2.05) is 0 Å². The molecule has 2 fully saturated rings. The minimum absolute atomic E-state index is 0.130. The van der Waals surface area contributed by atoms with Crippen molar-refractivity contribution >= 4 is 5.97 Å². The van der Waals surface area contributed by atoms with Gasteiger partial charge in [-0.2, -0.15) is 0 Å². The van der Waals surface area contributed by atoms with Gasteiger partial charge in [0.2, 0.25) is 0 Å². The molecule has 13 heavy (non-hydrogen) atoms. The minimum atomic E-state index is -0.628. The summed E-state index contributed by atoms with van der Waals surface area (Å²) in [4.78, 5) is 13.1. The molecule has 2 rings (SSSR count). The van der Waals surface area contributed by atoms with Crippen LogP contribution in [0.15, 0.2) is 0 Å². The fraction of sp³-hybridized carbons (Fsp3) is 0.889. The van der Waals surface area contributed by atoms with Crippen LogP contribution in [-0.4, -0.2) is 48.2 Å². The summed E-state index contributed by atoms with van der Waals surface area (Å²) in [5.41, 5.74) is 0. The third-order valence-corrected chi connectivity index (χ3v) is 3.12. The molecule has 2 saturated heterocycles. The van der Waals surface area contributed by atoms with Crippen LogP contribution in [0.4, 0.5) is 0 Å². The number of nitrogens with one attached hydrogen (secondary N) is 1. The SMILES string of the molecule is O=C(O)[C@@H]1CC[C@H]2CNCCN2C1. The van der Waals surface area contributed by atoms with Gasteiger partial charge in [0.15, 0.2) is 0 Å². The Balaban J connectivity index is 1.95. The highest BCUT2D eigenvalue weighted by atomic mass is 16.4. The van der Waals surface area contributed by atoms with Crippen molar-refractivity contribution in [1.82, 2.24) is 10.2 Å². The van der Waals surface area contributed by atoms with Crippen LogP contribution in [0.25, 0.3) is 0 Å². The molecule has 0 aromatic rings. The standard InChI is InChI=1S/C9H16N2O2/c12-9(13)7-1-2-8-5-10-3-4-11(8)6-7/h7-8,10H,1-6H2,(H,12,13)/t7-,8+/m1/s1. The zero-order chi connectivity index (χ0) is 9.26. The van der Waals surface area contributed by atoms with Crippen LogP contribution >= 0.6 is 0 Å². The average molecular weight is 184 g/mol. The number of piperazine rings is 1. The zero-order valence-electron chi connectivity index (χ0n) is 7.70. The second-order valence-corrected chi connectivity index (χ2v) is 3.97. The van der Waals surface area contributed by atoms with E-state index in [-0.39, 0.29) is 5.92 Å². The molecule has 0 aromatic heterocycles. The lowest BCUT2D eigenvalue weighted by molar-refractivity contribution is -0.144. The van der Waals surface area contributed by atoms with E-state index in [1.54, 1.807) is 0 Å². The monoisotopic (exact) mass is 184 g/mol. The Labute approximate surface area is 77.9 Å². The fourth-order valence-corrected chi connectivity index (χ4v) is 2.30. The average Bonchev–Trinajstić information content (AvgIpc) is 2.17. The number of nitrogens with zero attached hydrogens (tertiary/aromatic N) is 1. The summed E-state index contributed by atoms with van der Waals surface area (Å²) in [7, 11) is 0. The summed E-state index contributed by atoms with van der Waals surface area (Å²) in [5, 5.41) is 12.2. The first-order valence-electron chi connectivity index (χ1n) is 4.95. The van der Waals surface area contributed by atoms with Crippen molar-refractivity contribution in [2.45, 2.75) is 18.9 Å². The van der Waals surface area contributed by atoms with E-state index in [0.717, 1.165) is 39.0 Å². The zero-order valence-corrected chi connectivity index (χ0v) is 7.70. The van der Waals surface area contributed by atoms with Gasteiger partial charge in [0.25, 0.3) is 0 Å². The third kappa shape index (κ3) is 1.84.